The number of halogens is 1. The SMILES string of the molecule is CCCNc1ncc(Br)c(N2CCCC(C(=O)NC)C2)n1. The van der Waals surface area contributed by atoms with Crippen molar-refractivity contribution in [3.63, 3.8) is 0 Å². The Morgan fingerprint density at radius 2 is 2.38 bits per heavy atom. The number of nitrogens with one attached hydrogen (secondary N) is 2. The van der Waals surface area contributed by atoms with Crippen molar-refractivity contribution in [2.75, 3.05) is 36.9 Å². The molecular formula is C14H22BrN5O. The third-order valence-electron chi connectivity index (χ3n) is 3.60. The number of anilines is 2. The summed E-state index contributed by atoms with van der Waals surface area (Å²) in [5, 5.41) is 5.94. The first-order chi connectivity index (χ1) is 10.2. The summed E-state index contributed by atoms with van der Waals surface area (Å²) in [6.45, 7) is 4.56. The fraction of sp³-hybridized carbons (Fsp3) is 0.643. The quantitative estimate of drug-likeness (QED) is 0.845. The van der Waals surface area contributed by atoms with Crippen LogP contribution in [-0.2, 0) is 4.79 Å². The number of nitrogens with zero attached hydrogens (tertiary/aromatic N) is 3. The Morgan fingerprint density at radius 1 is 1.57 bits per heavy atom. The molecule has 2 rings (SSSR count). The Bertz CT molecular complexity index is 496. The van der Waals surface area contributed by atoms with Crippen molar-refractivity contribution in [1.29, 1.82) is 0 Å². The van der Waals surface area contributed by atoms with Gasteiger partial charge in [-0.2, -0.15) is 4.98 Å². The van der Waals surface area contributed by atoms with E-state index in [2.05, 4.69) is 48.4 Å². The highest BCUT2D eigenvalue weighted by atomic mass is 79.9. The molecule has 1 aromatic rings. The van der Waals surface area contributed by atoms with Gasteiger partial charge in [-0.25, -0.2) is 4.98 Å². The molecule has 2 heterocycles. The van der Waals surface area contributed by atoms with Crippen LogP contribution in [0.25, 0.3) is 0 Å². The number of carbonyl (C=O) groups excluding carboxylic acids is 1. The molecule has 1 aliphatic rings. The van der Waals surface area contributed by atoms with Gasteiger partial charge in [-0.1, -0.05) is 6.92 Å². The van der Waals surface area contributed by atoms with E-state index >= 15 is 0 Å². The van der Waals surface area contributed by atoms with E-state index in [1.54, 1.807) is 13.2 Å². The molecule has 0 aromatic carbocycles. The Kier molecular flexibility index (Phi) is 5.78. The van der Waals surface area contributed by atoms with Crippen LogP contribution >= 0.6 is 15.9 Å². The Labute approximate surface area is 133 Å². The zero-order valence-electron chi connectivity index (χ0n) is 12.5. The smallest absolute Gasteiger partial charge is 0.224 e. The fourth-order valence-corrected chi connectivity index (χ4v) is 2.93. The van der Waals surface area contributed by atoms with Crippen LogP contribution in [0.2, 0.25) is 0 Å². The summed E-state index contributed by atoms with van der Waals surface area (Å²) >= 11 is 3.51. The molecule has 2 N–H and O–H groups in total. The van der Waals surface area contributed by atoms with Gasteiger partial charge in [0.15, 0.2) is 0 Å². The maximum atomic E-state index is 11.8. The maximum absolute atomic E-state index is 11.8. The molecule has 116 valence electrons. The molecule has 1 aliphatic heterocycles. The lowest BCUT2D eigenvalue weighted by atomic mass is 9.97. The standard InChI is InChI=1S/C14H22BrN5O/c1-3-6-17-14-18-8-11(15)12(19-14)20-7-4-5-10(9-20)13(21)16-2/h8,10H,3-7,9H2,1-2H3,(H,16,21)(H,17,18,19). The normalized spacial score (nSPS) is 18.4. The minimum atomic E-state index is 0.0256. The summed E-state index contributed by atoms with van der Waals surface area (Å²) in [4.78, 5) is 22.8. The van der Waals surface area contributed by atoms with Crippen LogP contribution in [0, 0.1) is 5.92 Å². The molecular weight excluding hydrogens is 334 g/mol. The summed E-state index contributed by atoms with van der Waals surface area (Å²) in [5.74, 6) is 1.63. The Morgan fingerprint density at radius 3 is 3.10 bits per heavy atom. The van der Waals surface area contributed by atoms with Crippen molar-refractivity contribution in [2.45, 2.75) is 26.2 Å². The average molecular weight is 356 g/mol. The zero-order valence-corrected chi connectivity index (χ0v) is 14.1. The molecule has 0 bridgehead atoms. The zero-order chi connectivity index (χ0) is 15.2. The third kappa shape index (κ3) is 4.06. The minimum absolute atomic E-state index is 0.0256. The van der Waals surface area contributed by atoms with E-state index < -0.39 is 0 Å². The first-order valence-electron chi connectivity index (χ1n) is 7.38. The summed E-state index contributed by atoms with van der Waals surface area (Å²) in [6.07, 6.45) is 4.72. The monoisotopic (exact) mass is 355 g/mol. The molecule has 1 saturated heterocycles. The topological polar surface area (TPSA) is 70.2 Å². The van der Waals surface area contributed by atoms with Crippen molar-refractivity contribution < 1.29 is 4.79 Å². The summed E-state index contributed by atoms with van der Waals surface area (Å²) in [6, 6.07) is 0. The second-order valence-electron chi connectivity index (χ2n) is 5.19. The van der Waals surface area contributed by atoms with Crippen LogP contribution in [0.15, 0.2) is 10.7 Å². The van der Waals surface area contributed by atoms with Gasteiger partial charge in [0.05, 0.1) is 10.4 Å². The van der Waals surface area contributed by atoms with Gasteiger partial charge in [0.25, 0.3) is 0 Å². The Balaban J connectivity index is 2.14. The lowest BCUT2D eigenvalue weighted by molar-refractivity contribution is -0.124. The number of aromatic nitrogens is 2. The minimum Gasteiger partial charge on any atom is -0.359 e. The molecule has 1 unspecified atom stereocenters. The second kappa shape index (κ2) is 7.59. The van der Waals surface area contributed by atoms with Crippen LogP contribution in [0.1, 0.15) is 26.2 Å². The second-order valence-corrected chi connectivity index (χ2v) is 6.05. The largest absolute Gasteiger partial charge is 0.359 e. The van der Waals surface area contributed by atoms with E-state index in [0.29, 0.717) is 12.5 Å². The highest BCUT2D eigenvalue weighted by molar-refractivity contribution is 9.10. The lowest BCUT2D eigenvalue weighted by Gasteiger charge is -2.33. The van der Waals surface area contributed by atoms with Gasteiger partial charge in [-0.15, -0.1) is 0 Å². The van der Waals surface area contributed by atoms with Gasteiger partial charge in [0.2, 0.25) is 11.9 Å². The predicted molar refractivity (Wildman–Crippen MR) is 87.5 cm³/mol. The van der Waals surface area contributed by atoms with E-state index in [4.69, 9.17) is 0 Å². The number of piperidine rings is 1. The molecule has 0 saturated carbocycles. The fourth-order valence-electron chi connectivity index (χ4n) is 2.49. The number of carbonyl (C=O) groups is 1. The van der Waals surface area contributed by atoms with E-state index in [9.17, 15) is 4.79 Å². The van der Waals surface area contributed by atoms with Crippen LogP contribution in [-0.4, -0.2) is 42.6 Å². The molecule has 1 amide bonds. The molecule has 0 radical (unpaired) electrons. The molecule has 0 aliphatic carbocycles. The number of amides is 1. The van der Waals surface area contributed by atoms with E-state index in [1.165, 1.54) is 0 Å². The van der Waals surface area contributed by atoms with Gasteiger partial charge in [-0.3, -0.25) is 4.79 Å². The van der Waals surface area contributed by atoms with Gasteiger partial charge in [0.1, 0.15) is 5.82 Å². The molecule has 1 atom stereocenters. The molecule has 0 spiro atoms. The molecule has 21 heavy (non-hydrogen) atoms. The maximum Gasteiger partial charge on any atom is 0.224 e. The summed E-state index contributed by atoms with van der Waals surface area (Å²) in [5.41, 5.74) is 0. The third-order valence-corrected chi connectivity index (χ3v) is 4.16. The molecule has 7 heteroatoms. The first kappa shape index (κ1) is 16.0. The number of hydrogen-bond donors (Lipinski definition) is 2. The summed E-state index contributed by atoms with van der Waals surface area (Å²) < 4.78 is 0.863. The van der Waals surface area contributed by atoms with E-state index in [0.717, 1.165) is 42.6 Å². The molecule has 1 fully saturated rings. The van der Waals surface area contributed by atoms with Crippen molar-refractivity contribution in [3.8, 4) is 0 Å². The van der Waals surface area contributed by atoms with Crippen LogP contribution < -0.4 is 15.5 Å². The van der Waals surface area contributed by atoms with Crippen molar-refractivity contribution in [1.82, 2.24) is 15.3 Å². The van der Waals surface area contributed by atoms with Gasteiger partial charge < -0.3 is 15.5 Å². The van der Waals surface area contributed by atoms with Crippen LogP contribution in [0.3, 0.4) is 0 Å². The highest BCUT2D eigenvalue weighted by Crippen LogP contribution is 2.28. The lowest BCUT2D eigenvalue weighted by Crippen LogP contribution is -2.42. The van der Waals surface area contributed by atoms with Gasteiger partial charge in [0, 0.05) is 32.9 Å². The summed E-state index contributed by atoms with van der Waals surface area (Å²) in [7, 11) is 1.69. The van der Waals surface area contributed by atoms with Gasteiger partial charge >= 0.3 is 0 Å². The van der Waals surface area contributed by atoms with Crippen LogP contribution in [0.4, 0.5) is 11.8 Å². The van der Waals surface area contributed by atoms with Crippen molar-refractivity contribution >= 4 is 33.6 Å². The molecule has 6 nitrogen and oxygen atoms in total. The Hall–Kier alpha value is -1.37. The van der Waals surface area contributed by atoms with Crippen molar-refractivity contribution in [2.24, 2.45) is 5.92 Å². The predicted octanol–water partition coefficient (Wildman–Crippen LogP) is 2.02. The molecule has 1 aromatic heterocycles. The van der Waals surface area contributed by atoms with E-state index in [-0.39, 0.29) is 11.8 Å². The van der Waals surface area contributed by atoms with Crippen molar-refractivity contribution in [3.05, 3.63) is 10.7 Å². The number of hydrogen-bond acceptors (Lipinski definition) is 5. The van der Waals surface area contributed by atoms with Crippen LogP contribution in [0.5, 0.6) is 0 Å². The first-order valence-corrected chi connectivity index (χ1v) is 8.18. The highest BCUT2D eigenvalue weighted by Gasteiger charge is 2.27. The number of rotatable bonds is 5. The van der Waals surface area contributed by atoms with Gasteiger partial charge in [-0.05, 0) is 35.2 Å². The van der Waals surface area contributed by atoms with E-state index in [1.807, 2.05) is 0 Å². The average Bonchev–Trinajstić information content (AvgIpc) is 2.53.